The van der Waals surface area contributed by atoms with Gasteiger partial charge in [-0.15, -0.1) is 0 Å². The molecule has 1 N–H and O–H groups in total. The van der Waals surface area contributed by atoms with E-state index >= 15 is 0 Å². The molecule has 0 bridgehead atoms. The number of hydrogen-bond donors (Lipinski definition) is 1. The molecule has 0 saturated heterocycles. The lowest BCUT2D eigenvalue weighted by Gasteiger charge is -2.30. The van der Waals surface area contributed by atoms with Crippen molar-refractivity contribution in [3.05, 3.63) is 45.7 Å². The van der Waals surface area contributed by atoms with Gasteiger partial charge in [0.05, 0.1) is 11.4 Å². The summed E-state index contributed by atoms with van der Waals surface area (Å²) in [5.74, 6) is 1.52. The molecule has 0 spiro atoms. The summed E-state index contributed by atoms with van der Waals surface area (Å²) in [6.45, 7) is 1.95. The van der Waals surface area contributed by atoms with Gasteiger partial charge in [-0.05, 0) is 18.9 Å². The SMILES string of the molecule is Brc1ccccc1-c1nc2c(c(C3CCC3)n1)CNCC2. The van der Waals surface area contributed by atoms with Gasteiger partial charge in [-0.1, -0.05) is 40.5 Å². The van der Waals surface area contributed by atoms with Crippen LogP contribution < -0.4 is 5.32 Å². The maximum absolute atomic E-state index is 4.96. The number of halogens is 1. The molecule has 1 aromatic carbocycles. The Balaban J connectivity index is 1.86. The summed E-state index contributed by atoms with van der Waals surface area (Å²) < 4.78 is 1.07. The topological polar surface area (TPSA) is 37.8 Å². The molecule has 2 heterocycles. The van der Waals surface area contributed by atoms with Gasteiger partial charge in [0.15, 0.2) is 5.82 Å². The standard InChI is InChI=1S/C17H18BrN3/c18-14-7-2-1-6-12(14)17-20-15-8-9-19-10-13(15)16(21-17)11-4-3-5-11/h1-2,6-7,11,19H,3-5,8-10H2. The van der Waals surface area contributed by atoms with Crippen LogP contribution >= 0.6 is 15.9 Å². The quantitative estimate of drug-likeness (QED) is 0.900. The zero-order chi connectivity index (χ0) is 14.2. The summed E-state index contributed by atoms with van der Waals surface area (Å²) in [6, 6.07) is 8.23. The summed E-state index contributed by atoms with van der Waals surface area (Å²) in [7, 11) is 0. The Morgan fingerprint density at radius 1 is 1.14 bits per heavy atom. The molecule has 0 amide bonds. The van der Waals surface area contributed by atoms with E-state index in [4.69, 9.17) is 9.97 Å². The molecule has 2 aliphatic rings. The van der Waals surface area contributed by atoms with Gasteiger partial charge >= 0.3 is 0 Å². The second kappa shape index (κ2) is 5.50. The third-order valence-corrected chi connectivity index (χ3v) is 5.26. The van der Waals surface area contributed by atoms with Crippen molar-refractivity contribution < 1.29 is 0 Å². The number of fused-ring (bicyclic) bond motifs is 1. The van der Waals surface area contributed by atoms with Crippen molar-refractivity contribution >= 4 is 15.9 Å². The molecule has 21 heavy (non-hydrogen) atoms. The van der Waals surface area contributed by atoms with Crippen LogP contribution in [0.5, 0.6) is 0 Å². The Labute approximate surface area is 133 Å². The fraction of sp³-hybridized carbons (Fsp3) is 0.412. The molecule has 108 valence electrons. The smallest absolute Gasteiger partial charge is 0.160 e. The van der Waals surface area contributed by atoms with E-state index in [-0.39, 0.29) is 0 Å². The first-order chi connectivity index (χ1) is 10.3. The molecular weight excluding hydrogens is 326 g/mol. The highest BCUT2D eigenvalue weighted by Gasteiger charge is 2.27. The second-order valence-corrected chi connectivity index (χ2v) is 6.75. The van der Waals surface area contributed by atoms with Crippen molar-refractivity contribution in [1.29, 1.82) is 0 Å². The van der Waals surface area contributed by atoms with Gasteiger partial charge in [-0.2, -0.15) is 0 Å². The highest BCUT2D eigenvalue weighted by molar-refractivity contribution is 9.10. The van der Waals surface area contributed by atoms with E-state index in [0.717, 1.165) is 35.4 Å². The predicted molar refractivity (Wildman–Crippen MR) is 87.2 cm³/mol. The maximum Gasteiger partial charge on any atom is 0.160 e. The molecule has 2 aromatic rings. The van der Waals surface area contributed by atoms with Crippen LogP contribution in [0.4, 0.5) is 0 Å². The molecule has 3 nitrogen and oxygen atoms in total. The van der Waals surface area contributed by atoms with Crippen molar-refractivity contribution in [3.63, 3.8) is 0 Å². The molecule has 4 rings (SSSR count). The van der Waals surface area contributed by atoms with E-state index in [9.17, 15) is 0 Å². The molecule has 4 heteroatoms. The van der Waals surface area contributed by atoms with E-state index in [1.807, 2.05) is 12.1 Å². The molecular formula is C17H18BrN3. The molecule has 1 aromatic heterocycles. The Morgan fingerprint density at radius 2 is 2.00 bits per heavy atom. The van der Waals surface area contributed by atoms with Crippen molar-refractivity contribution in [3.8, 4) is 11.4 Å². The third-order valence-electron chi connectivity index (χ3n) is 4.57. The first-order valence-corrected chi connectivity index (χ1v) is 8.47. The summed E-state index contributed by atoms with van der Waals surface area (Å²) in [5, 5.41) is 3.47. The number of aromatic nitrogens is 2. The second-order valence-electron chi connectivity index (χ2n) is 5.89. The highest BCUT2D eigenvalue weighted by atomic mass is 79.9. The van der Waals surface area contributed by atoms with E-state index in [2.05, 4.69) is 33.4 Å². The molecule has 0 unspecified atom stereocenters. The lowest BCUT2D eigenvalue weighted by molar-refractivity contribution is 0.404. The van der Waals surface area contributed by atoms with Gasteiger partial charge in [0.2, 0.25) is 0 Å². The van der Waals surface area contributed by atoms with Crippen molar-refractivity contribution in [2.75, 3.05) is 6.54 Å². The van der Waals surface area contributed by atoms with Gasteiger partial charge in [0, 0.05) is 41.0 Å². The summed E-state index contributed by atoms with van der Waals surface area (Å²) in [4.78, 5) is 9.82. The van der Waals surface area contributed by atoms with Crippen LogP contribution in [-0.4, -0.2) is 16.5 Å². The number of nitrogens with zero attached hydrogens (tertiary/aromatic N) is 2. The van der Waals surface area contributed by atoms with E-state index < -0.39 is 0 Å². The fourth-order valence-electron chi connectivity index (χ4n) is 3.15. The highest BCUT2D eigenvalue weighted by Crippen LogP contribution is 2.39. The largest absolute Gasteiger partial charge is 0.312 e. The Hall–Kier alpha value is -1.26. The van der Waals surface area contributed by atoms with Crippen LogP contribution in [0.3, 0.4) is 0 Å². The number of hydrogen-bond acceptors (Lipinski definition) is 3. The van der Waals surface area contributed by atoms with Crippen LogP contribution in [0.1, 0.15) is 42.1 Å². The van der Waals surface area contributed by atoms with E-state index in [0.29, 0.717) is 5.92 Å². The van der Waals surface area contributed by atoms with Crippen LogP contribution in [-0.2, 0) is 13.0 Å². The van der Waals surface area contributed by atoms with Gasteiger partial charge in [0.1, 0.15) is 0 Å². The van der Waals surface area contributed by atoms with Gasteiger partial charge in [-0.3, -0.25) is 0 Å². The fourth-order valence-corrected chi connectivity index (χ4v) is 3.61. The summed E-state index contributed by atoms with van der Waals surface area (Å²) in [6.07, 6.45) is 4.90. The molecule has 0 radical (unpaired) electrons. The van der Waals surface area contributed by atoms with Crippen molar-refractivity contribution in [1.82, 2.24) is 15.3 Å². The molecule has 1 fully saturated rings. The van der Waals surface area contributed by atoms with Crippen LogP contribution in [0.2, 0.25) is 0 Å². The van der Waals surface area contributed by atoms with Crippen molar-refractivity contribution in [2.24, 2.45) is 0 Å². The minimum atomic E-state index is 0.642. The molecule has 1 aliphatic carbocycles. The van der Waals surface area contributed by atoms with Gasteiger partial charge in [-0.25, -0.2) is 9.97 Å². The normalized spacial score (nSPS) is 18.1. The lowest BCUT2D eigenvalue weighted by atomic mass is 9.80. The zero-order valence-corrected chi connectivity index (χ0v) is 13.5. The lowest BCUT2D eigenvalue weighted by Crippen LogP contribution is -2.28. The number of benzene rings is 1. The van der Waals surface area contributed by atoms with E-state index in [1.54, 1.807) is 0 Å². The number of nitrogens with one attached hydrogen (secondary N) is 1. The third kappa shape index (κ3) is 2.40. The van der Waals surface area contributed by atoms with E-state index in [1.165, 1.54) is 36.2 Å². The molecule has 0 atom stereocenters. The maximum atomic E-state index is 4.96. The first kappa shape index (κ1) is 13.4. The summed E-state index contributed by atoms with van der Waals surface area (Å²) >= 11 is 3.63. The first-order valence-electron chi connectivity index (χ1n) is 7.68. The van der Waals surface area contributed by atoms with Gasteiger partial charge in [0.25, 0.3) is 0 Å². The molecule has 1 saturated carbocycles. The minimum Gasteiger partial charge on any atom is -0.312 e. The predicted octanol–water partition coefficient (Wildman–Crippen LogP) is 3.82. The van der Waals surface area contributed by atoms with Crippen LogP contribution in [0.25, 0.3) is 11.4 Å². The minimum absolute atomic E-state index is 0.642. The average molecular weight is 344 g/mol. The van der Waals surface area contributed by atoms with Gasteiger partial charge < -0.3 is 5.32 Å². The summed E-state index contributed by atoms with van der Waals surface area (Å²) in [5.41, 5.74) is 5.00. The zero-order valence-electron chi connectivity index (χ0n) is 11.9. The van der Waals surface area contributed by atoms with Crippen molar-refractivity contribution in [2.45, 2.75) is 38.1 Å². The number of rotatable bonds is 2. The van der Waals surface area contributed by atoms with Crippen LogP contribution in [0.15, 0.2) is 28.7 Å². The monoisotopic (exact) mass is 343 g/mol. The average Bonchev–Trinajstić information content (AvgIpc) is 2.46. The Kier molecular flexibility index (Phi) is 3.51. The van der Waals surface area contributed by atoms with Crippen LogP contribution in [0, 0.1) is 0 Å². The molecule has 1 aliphatic heterocycles. The Bertz CT molecular complexity index is 680. The Morgan fingerprint density at radius 3 is 2.76 bits per heavy atom.